The van der Waals surface area contributed by atoms with Crippen LogP contribution in [0, 0.1) is 0 Å². The summed E-state index contributed by atoms with van der Waals surface area (Å²) in [5.74, 6) is -0.379. The Balaban J connectivity index is 1.98. The van der Waals surface area contributed by atoms with E-state index in [1.165, 1.54) is 5.56 Å². The fourth-order valence-electron chi connectivity index (χ4n) is 2.45. The van der Waals surface area contributed by atoms with Crippen LogP contribution in [0.5, 0.6) is 0 Å². The number of hydrogen-bond acceptors (Lipinski definition) is 3. The minimum Gasteiger partial charge on any atom is -0.373 e. The number of rotatable bonds is 3. The maximum Gasteiger partial charge on any atom is 0.248 e. The number of nitrogens with zero attached hydrogens (tertiary/aromatic N) is 1. The molecule has 2 N–H and O–H groups in total. The molecule has 0 spiro atoms. The van der Waals surface area contributed by atoms with Crippen molar-refractivity contribution in [2.45, 2.75) is 32.6 Å². The Morgan fingerprint density at radius 2 is 1.83 bits per heavy atom. The molecule has 1 aliphatic rings. The van der Waals surface area contributed by atoms with Crippen molar-refractivity contribution in [2.75, 3.05) is 13.1 Å². The first-order chi connectivity index (χ1) is 8.54. The highest BCUT2D eigenvalue weighted by molar-refractivity contribution is 5.92. The highest BCUT2D eigenvalue weighted by Crippen LogP contribution is 2.14. The predicted molar refractivity (Wildman–Crippen MR) is 70.2 cm³/mol. The molecule has 2 rings (SSSR count). The molecule has 0 unspecified atom stereocenters. The molecule has 4 nitrogen and oxygen atoms in total. The van der Waals surface area contributed by atoms with Crippen molar-refractivity contribution >= 4 is 5.91 Å². The maximum atomic E-state index is 11.0. The van der Waals surface area contributed by atoms with E-state index in [9.17, 15) is 4.79 Å². The average molecular weight is 248 g/mol. The Bertz CT molecular complexity index is 406. The van der Waals surface area contributed by atoms with Crippen LogP contribution in [-0.2, 0) is 11.3 Å². The van der Waals surface area contributed by atoms with Crippen LogP contribution in [0.2, 0.25) is 0 Å². The van der Waals surface area contributed by atoms with Crippen LogP contribution >= 0.6 is 0 Å². The summed E-state index contributed by atoms with van der Waals surface area (Å²) in [5.41, 5.74) is 6.97. The molecule has 2 atom stereocenters. The summed E-state index contributed by atoms with van der Waals surface area (Å²) in [6.45, 7) is 6.97. The van der Waals surface area contributed by atoms with Crippen molar-refractivity contribution in [3.63, 3.8) is 0 Å². The number of carbonyl (C=O) groups is 1. The number of morpholine rings is 1. The van der Waals surface area contributed by atoms with Crippen molar-refractivity contribution in [3.05, 3.63) is 35.4 Å². The van der Waals surface area contributed by atoms with Crippen LogP contribution in [0.15, 0.2) is 24.3 Å². The molecule has 0 saturated carbocycles. The first kappa shape index (κ1) is 13.1. The van der Waals surface area contributed by atoms with Crippen molar-refractivity contribution in [3.8, 4) is 0 Å². The van der Waals surface area contributed by atoms with E-state index >= 15 is 0 Å². The quantitative estimate of drug-likeness (QED) is 0.879. The lowest BCUT2D eigenvalue weighted by molar-refractivity contribution is -0.0704. The number of nitrogens with two attached hydrogens (primary N) is 1. The number of carbonyl (C=O) groups excluding carboxylic acids is 1. The van der Waals surface area contributed by atoms with Crippen LogP contribution in [0.1, 0.15) is 29.8 Å². The van der Waals surface area contributed by atoms with Crippen LogP contribution < -0.4 is 5.73 Å². The average Bonchev–Trinajstić information content (AvgIpc) is 2.28. The summed E-state index contributed by atoms with van der Waals surface area (Å²) in [5, 5.41) is 0. The van der Waals surface area contributed by atoms with Gasteiger partial charge in [-0.15, -0.1) is 0 Å². The molecular weight excluding hydrogens is 228 g/mol. The van der Waals surface area contributed by atoms with Gasteiger partial charge in [0.05, 0.1) is 12.2 Å². The Labute approximate surface area is 108 Å². The van der Waals surface area contributed by atoms with Crippen LogP contribution in [0.25, 0.3) is 0 Å². The molecule has 1 heterocycles. The van der Waals surface area contributed by atoms with Crippen LogP contribution in [0.4, 0.5) is 0 Å². The molecule has 98 valence electrons. The molecule has 1 aromatic rings. The maximum absolute atomic E-state index is 11.0. The van der Waals surface area contributed by atoms with Crippen LogP contribution in [-0.4, -0.2) is 36.1 Å². The highest BCUT2D eigenvalue weighted by Gasteiger charge is 2.21. The zero-order chi connectivity index (χ0) is 13.1. The summed E-state index contributed by atoms with van der Waals surface area (Å²) < 4.78 is 5.70. The summed E-state index contributed by atoms with van der Waals surface area (Å²) in [7, 11) is 0. The molecule has 1 saturated heterocycles. The third-order valence-corrected chi connectivity index (χ3v) is 3.14. The molecular formula is C14H20N2O2. The number of ether oxygens (including phenoxy) is 1. The Kier molecular flexibility index (Phi) is 3.99. The standard InChI is InChI=1S/C14H20N2O2/c1-10-7-16(8-11(2)18-10)9-12-3-5-13(6-4-12)14(15)17/h3-6,10-11H,7-9H2,1-2H3,(H2,15,17)/t10-,11-/m1/s1. The molecule has 0 aromatic heterocycles. The minimum absolute atomic E-state index is 0.277. The van der Waals surface area contributed by atoms with Crippen molar-refractivity contribution in [2.24, 2.45) is 5.73 Å². The van der Waals surface area contributed by atoms with Gasteiger partial charge in [-0.05, 0) is 31.5 Å². The van der Waals surface area contributed by atoms with Gasteiger partial charge in [0.2, 0.25) is 5.91 Å². The molecule has 0 aliphatic carbocycles. The van der Waals surface area contributed by atoms with E-state index in [0.29, 0.717) is 5.56 Å². The van der Waals surface area contributed by atoms with Gasteiger partial charge in [-0.3, -0.25) is 9.69 Å². The number of benzene rings is 1. The Hall–Kier alpha value is -1.39. The van der Waals surface area contributed by atoms with Crippen molar-refractivity contribution < 1.29 is 9.53 Å². The van der Waals surface area contributed by atoms with E-state index in [4.69, 9.17) is 10.5 Å². The fourth-order valence-corrected chi connectivity index (χ4v) is 2.45. The molecule has 18 heavy (non-hydrogen) atoms. The molecule has 1 aromatic carbocycles. The van der Waals surface area contributed by atoms with E-state index in [2.05, 4.69) is 18.7 Å². The van der Waals surface area contributed by atoms with E-state index < -0.39 is 0 Å². The fraction of sp³-hybridized carbons (Fsp3) is 0.500. The lowest BCUT2D eigenvalue weighted by Gasteiger charge is -2.35. The lowest BCUT2D eigenvalue weighted by Crippen LogP contribution is -2.44. The lowest BCUT2D eigenvalue weighted by atomic mass is 10.1. The molecule has 0 bridgehead atoms. The van der Waals surface area contributed by atoms with E-state index in [1.807, 2.05) is 12.1 Å². The Morgan fingerprint density at radius 1 is 1.28 bits per heavy atom. The Morgan fingerprint density at radius 3 is 2.33 bits per heavy atom. The molecule has 4 heteroatoms. The molecule has 0 radical (unpaired) electrons. The third-order valence-electron chi connectivity index (χ3n) is 3.14. The second-order valence-corrected chi connectivity index (χ2v) is 5.01. The normalized spacial score (nSPS) is 25.0. The summed E-state index contributed by atoms with van der Waals surface area (Å²) in [6.07, 6.45) is 0.553. The second kappa shape index (κ2) is 5.50. The second-order valence-electron chi connectivity index (χ2n) is 5.01. The smallest absolute Gasteiger partial charge is 0.248 e. The van der Waals surface area contributed by atoms with E-state index in [1.54, 1.807) is 12.1 Å². The summed E-state index contributed by atoms with van der Waals surface area (Å²) in [6, 6.07) is 7.49. The van der Waals surface area contributed by atoms with Gasteiger partial charge >= 0.3 is 0 Å². The first-order valence-corrected chi connectivity index (χ1v) is 6.31. The SMILES string of the molecule is C[C@@H]1CN(Cc2ccc(C(N)=O)cc2)C[C@@H](C)O1. The zero-order valence-corrected chi connectivity index (χ0v) is 10.9. The topological polar surface area (TPSA) is 55.6 Å². The minimum atomic E-state index is -0.379. The van der Waals surface area contributed by atoms with E-state index in [0.717, 1.165) is 19.6 Å². The van der Waals surface area contributed by atoms with Gasteiger partial charge in [0.25, 0.3) is 0 Å². The van der Waals surface area contributed by atoms with Gasteiger partial charge < -0.3 is 10.5 Å². The predicted octanol–water partition coefficient (Wildman–Crippen LogP) is 1.39. The van der Waals surface area contributed by atoms with Gasteiger partial charge in [0, 0.05) is 25.2 Å². The molecule has 1 amide bonds. The van der Waals surface area contributed by atoms with Gasteiger partial charge in [-0.25, -0.2) is 0 Å². The molecule has 1 fully saturated rings. The van der Waals surface area contributed by atoms with E-state index in [-0.39, 0.29) is 18.1 Å². The van der Waals surface area contributed by atoms with Crippen molar-refractivity contribution in [1.29, 1.82) is 0 Å². The summed E-state index contributed by atoms with van der Waals surface area (Å²) >= 11 is 0. The highest BCUT2D eigenvalue weighted by atomic mass is 16.5. The van der Waals surface area contributed by atoms with Gasteiger partial charge in [-0.2, -0.15) is 0 Å². The van der Waals surface area contributed by atoms with Gasteiger partial charge in [0.15, 0.2) is 0 Å². The zero-order valence-electron chi connectivity index (χ0n) is 10.9. The summed E-state index contributed by atoms with van der Waals surface area (Å²) in [4.78, 5) is 13.4. The largest absolute Gasteiger partial charge is 0.373 e. The first-order valence-electron chi connectivity index (χ1n) is 6.31. The molecule has 1 aliphatic heterocycles. The third kappa shape index (κ3) is 3.31. The number of hydrogen-bond donors (Lipinski definition) is 1. The number of primary amides is 1. The monoisotopic (exact) mass is 248 g/mol. The number of amides is 1. The van der Waals surface area contributed by atoms with Crippen LogP contribution in [0.3, 0.4) is 0 Å². The van der Waals surface area contributed by atoms with Gasteiger partial charge in [-0.1, -0.05) is 12.1 Å². The van der Waals surface area contributed by atoms with Gasteiger partial charge in [0.1, 0.15) is 0 Å². The van der Waals surface area contributed by atoms with Crippen molar-refractivity contribution in [1.82, 2.24) is 4.90 Å².